The van der Waals surface area contributed by atoms with Gasteiger partial charge in [0.1, 0.15) is 0 Å². The van der Waals surface area contributed by atoms with E-state index in [4.69, 9.17) is 30.0 Å². The van der Waals surface area contributed by atoms with Crippen LogP contribution in [-0.2, 0) is 0 Å². The standard InChI is InChI=1S/C2H3Cl3Ge/c1-2-6(3,4)5/h2H,1H2. The molecular formula is C2H3Cl3Ge. The topological polar surface area (TPSA) is 0 Å². The predicted octanol–water partition coefficient (Wildman–Crippen LogP) is 2.37. The zero-order chi connectivity index (χ0) is 5.21. The van der Waals surface area contributed by atoms with Gasteiger partial charge in [-0.2, -0.15) is 0 Å². The molecule has 0 heterocycles. The minimum atomic E-state index is -2.86. The van der Waals surface area contributed by atoms with E-state index in [-0.39, 0.29) is 0 Å². The molecule has 0 aliphatic heterocycles. The average molecular weight is 206 g/mol. The van der Waals surface area contributed by atoms with Gasteiger partial charge in [0.05, 0.1) is 0 Å². The summed E-state index contributed by atoms with van der Waals surface area (Å²) in [6.07, 6.45) is 0. The molecule has 0 spiro atoms. The van der Waals surface area contributed by atoms with Crippen LogP contribution in [0.15, 0.2) is 11.5 Å². The van der Waals surface area contributed by atoms with Crippen molar-refractivity contribution in [3.05, 3.63) is 11.5 Å². The van der Waals surface area contributed by atoms with Gasteiger partial charge in [0, 0.05) is 0 Å². The third-order valence-corrected chi connectivity index (χ3v) is 3.61. The van der Waals surface area contributed by atoms with Crippen molar-refractivity contribution in [2.45, 2.75) is 0 Å². The van der Waals surface area contributed by atoms with Crippen molar-refractivity contribution in [2.24, 2.45) is 0 Å². The van der Waals surface area contributed by atoms with E-state index in [1.54, 1.807) is 0 Å². The molecule has 36 valence electrons. The molecule has 0 rings (SSSR count). The van der Waals surface area contributed by atoms with E-state index in [1.807, 2.05) is 0 Å². The van der Waals surface area contributed by atoms with Crippen LogP contribution < -0.4 is 0 Å². The average Bonchev–Trinajstić information content (AvgIpc) is 1.35. The Morgan fingerprint density at radius 1 is 1.33 bits per heavy atom. The first-order valence-corrected chi connectivity index (χ1v) is 10.7. The Hall–Kier alpha value is 1.15. The molecule has 4 heteroatoms. The van der Waals surface area contributed by atoms with Crippen molar-refractivity contribution in [3.8, 4) is 0 Å². The Morgan fingerprint density at radius 2 is 1.50 bits per heavy atom. The fraction of sp³-hybridized carbons (Fsp3) is 0. The van der Waals surface area contributed by atoms with Gasteiger partial charge in [0.15, 0.2) is 0 Å². The van der Waals surface area contributed by atoms with Crippen LogP contribution in [0.2, 0.25) is 0 Å². The van der Waals surface area contributed by atoms with E-state index in [2.05, 4.69) is 6.58 Å². The SMILES string of the molecule is C=[CH][Ge]([Cl])([Cl])[Cl]. The fourth-order valence-electron chi connectivity index (χ4n) is 0. The zero-order valence-corrected chi connectivity index (χ0v) is 7.28. The molecule has 0 bridgehead atoms. The first-order valence-electron chi connectivity index (χ1n) is 1.26. The molecule has 0 aromatic rings. The molecule has 0 aromatic heterocycles. The maximum absolute atomic E-state index is 5.32. The molecule has 0 radical (unpaired) electrons. The van der Waals surface area contributed by atoms with Gasteiger partial charge >= 0.3 is 52.0 Å². The Labute approximate surface area is 52.0 Å². The molecule has 0 saturated carbocycles. The van der Waals surface area contributed by atoms with Crippen LogP contribution in [0.1, 0.15) is 0 Å². The summed E-state index contributed by atoms with van der Waals surface area (Å²) >= 11 is 0. The van der Waals surface area contributed by atoms with Crippen molar-refractivity contribution >= 4 is 40.5 Å². The summed E-state index contributed by atoms with van der Waals surface area (Å²) in [6, 6.07) is 0. The van der Waals surface area contributed by atoms with Crippen molar-refractivity contribution in [2.75, 3.05) is 0 Å². The van der Waals surface area contributed by atoms with Gasteiger partial charge in [0.2, 0.25) is 0 Å². The summed E-state index contributed by atoms with van der Waals surface area (Å²) in [5.74, 6) is 0. The van der Waals surface area contributed by atoms with Crippen molar-refractivity contribution in [1.82, 2.24) is 0 Å². The Morgan fingerprint density at radius 3 is 1.50 bits per heavy atom. The monoisotopic (exact) mass is 206 g/mol. The third-order valence-electron chi connectivity index (χ3n) is 0.231. The summed E-state index contributed by atoms with van der Waals surface area (Å²) in [4.78, 5) is 1.42. The van der Waals surface area contributed by atoms with Crippen LogP contribution in [0.3, 0.4) is 0 Å². The maximum atomic E-state index is 5.32. The molecule has 0 atom stereocenters. The van der Waals surface area contributed by atoms with Crippen LogP contribution in [0.4, 0.5) is 0 Å². The van der Waals surface area contributed by atoms with Crippen molar-refractivity contribution in [1.29, 1.82) is 0 Å². The summed E-state index contributed by atoms with van der Waals surface area (Å²) in [6.45, 7) is 3.32. The first kappa shape index (κ1) is 7.15. The first-order chi connectivity index (χ1) is 2.56. The molecule has 0 unspecified atom stereocenters. The minimum absolute atomic E-state index is 1.42. The van der Waals surface area contributed by atoms with Gasteiger partial charge in [0.25, 0.3) is 0 Å². The van der Waals surface area contributed by atoms with Crippen LogP contribution in [-0.4, -0.2) is 10.5 Å². The van der Waals surface area contributed by atoms with Gasteiger partial charge in [-0.15, -0.1) is 0 Å². The van der Waals surface area contributed by atoms with Crippen molar-refractivity contribution in [3.63, 3.8) is 0 Å². The van der Waals surface area contributed by atoms with Gasteiger partial charge in [-0.3, -0.25) is 0 Å². The zero-order valence-electron chi connectivity index (χ0n) is 2.92. The van der Waals surface area contributed by atoms with Gasteiger partial charge in [-0.05, 0) is 0 Å². The summed E-state index contributed by atoms with van der Waals surface area (Å²) in [5, 5.41) is 0. The fourth-order valence-corrected chi connectivity index (χ4v) is 0. The number of rotatable bonds is 1. The van der Waals surface area contributed by atoms with Crippen LogP contribution in [0.5, 0.6) is 0 Å². The molecule has 6 heavy (non-hydrogen) atoms. The predicted molar refractivity (Wildman–Crippen MR) is 33.5 cm³/mol. The Kier molecular flexibility index (Phi) is 2.93. The van der Waals surface area contributed by atoms with E-state index in [1.165, 1.54) is 4.91 Å². The molecule has 0 saturated heterocycles. The van der Waals surface area contributed by atoms with E-state index in [9.17, 15) is 0 Å². The van der Waals surface area contributed by atoms with Crippen LogP contribution >= 0.6 is 30.0 Å². The second kappa shape index (κ2) is 2.46. The molecule has 0 aromatic carbocycles. The van der Waals surface area contributed by atoms with E-state index in [0.29, 0.717) is 0 Å². The quantitative estimate of drug-likeness (QED) is 0.577. The van der Waals surface area contributed by atoms with Crippen LogP contribution in [0.25, 0.3) is 0 Å². The normalized spacial score (nSPS) is 11.2. The molecule has 0 nitrogen and oxygen atoms in total. The van der Waals surface area contributed by atoms with Crippen molar-refractivity contribution < 1.29 is 0 Å². The second-order valence-electron chi connectivity index (χ2n) is 0.746. The summed E-state index contributed by atoms with van der Waals surface area (Å²) < 4.78 is 0. The second-order valence-corrected chi connectivity index (χ2v) is 16.2. The summed E-state index contributed by atoms with van der Waals surface area (Å²) in [7, 11) is 13.1. The number of halogens is 3. The molecule has 0 N–H and O–H groups in total. The van der Waals surface area contributed by atoms with Gasteiger partial charge in [-0.25, -0.2) is 0 Å². The molecular weight excluding hydrogens is 203 g/mol. The van der Waals surface area contributed by atoms with E-state index in [0.717, 1.165) is 0 Å². The number of hydrogen-bond donors (Lipinski definition) is 0. The van der Waals surface area contributed by atoms with Gasteiger partial charge < -0.3 is 0 Å². The van der Waals surface area contributed by atoms with Gasteiger partial charge in [-0.1, -0.05) is 0 Å². The Balaban J connectivity index is 3.45. The number of hydrogen-bond acceptors (Lipinski definition) is 0. The van der Waals surface area contributed by atoms with Crippen LogP contribution in [0, 0.1) is 0 Å². The molecule has 0 aliphatic carbocycles. The Bertz CT molecular complexity index is 54.3. The van der Waals surface area contributed by atoms with E-state index < -0.39 is 10.5 Å². The van der Waals surface area contributed by atoms with E-state index >= 15 is 0 Å². The molecule has 0 amide bonds. The summed E-state index contributed by atoms with van der Waals surface area (Å²) in [5.41, 5.74) is 0. The molecule has 0 fully saturated rings. The third kappa shape index (κ3) is 5.15. The molecule has 0 aliphatic rings.